The number of hydrogen-bond acceptors (Lipinski definition) is 10. The summed E-state index contributed by atoms with van der Waals surface area (Å²) in [4.78, 5) is 56.9. The van der Waals surface area contributed by atoms with E-state index in [1.54, 1.807) is 60.0 Å². The molecule has 1 saturated heterocycles. The van der Waals surface area contributed by atoms with Gasteiger partial charge in [-0.1, -0.05) is 53.2 Å². The number of thiocarbonyl (C=S) groups is 1. The Balaban J connectivity index is 1.34. The zero-order valence-electron chi connectivity index (χ0n) is 24.6. The summed E-state index contributed by atoms with van der Waals surface area (Å²) < 4.78 is 15.8. The molecule has 0 aliphatic carbocycles. The lowest BCUT2D eigenvalue weighted by molar-refractivity contribution is -0.123. The second kappa shape index (κ2) is 13.0. The van der Waals surface area contributed by atoms with Crippen molar-refractivity contribution >= 4 is 91.9 Å². The molecule has 240 valence electrons. The Morgan fingerprint density at radius 3 is 2.55 bits per heavy atom. The van der Waals surface area contributed by atoms with E-state index in [1.165, 1.54) is 41.7 Å². The molecule has 0 bridgehead atoms. The zero-order valence-corrected chi connectivity index (χ0v) is 28.6. The molecule has 1 aliphatic rings. The molecule has 17 heteroatoms. The van der Waals surface area contributed by atoms with Crippen LogP contribution in [-0.4, -0.2) is 46.9 Å². The number of aromatic nitrogens is 4. The van der Waals surface area contributed by atoms with Crippen LogP contribution in [0.15, 0.2) is 68.4 Å². The highest BCUT2D eigenvalue weighted by atomic mass is 35.5. The summed E-state index contributed by atoms with van der Waals surface area (Å²) >= 11 is 20.2. The standard InChI is InChI=1S/C30H22Cl2N6O6S3/c1-35-24-23(27(41)36(2)29(35)42)37(14-16-7-8-17(31)13-18(16)32)28(33-24)44-19-9-6-15(11-20(19)43-3)12-22-26(40)38(30(45)47-22)34-25(39)21-5-4-10-46-21/h4-13H,14H2,1-3H3,(H,34,39). The molecule has 2 amide bonds. The van der Waals surface area contributed by atoms with E-state index in [0.717, 1.165) is 21.3 Å². The van der Waals surface area contributed by atoms with Gasteiger partial charge in [-0.2, -0.15) is 9.99 Å². The minimum atomic E-state index is -0.568. The third-order valence-electron chi connectivity index (χ3n) is 7.10. The van der Waals surface area contributed by atoms with Crippen molar-refractivity contribution in [3.8, 4) is 17.5 Å². The molecule has 3 aromatic heterocycles. The number of hydrogen-bond donors (Lipinski definition) is 1. The van der Waals surface area contributed by atoms with Crippen molar-refractivity contribution in [3.63, 3.8) is 0 Å². The van der Waals surface area contributed by atoms with Crippen LogP contribution in [0, 0.1) is 0 Å². The molecule has 4 heterocycles. The maximum Gasteiger partial charge on any atom is 0.332 e. The van der Waals surface area contributed by atoms with Gasteiger partial charge >= 0.3 is 11.7 Å². The summed E-state index contributed by atoms with van der Waals surface area (Å²) in [5.74, 6) is -0.403. The fraction of sp³-hybridized carbons (Fsp3) is 0.133. The first kappa shape index (κ1) is 32.5. The van der Waals surface area contributed by atoms with Crippen LogP contribution in [0.3, 0.4) is 0 Å². The summed E-state index contributed by atoms with van der Waals surface area (Å²) in [5.41, 5.74) is 2.87. The van der Waals surface area contributed by atoms with Gasteiger partial charge in [-0.3, -0.25) is 33.5 Å². The third-order valence-corrected chi connectivity index (χ3v) is 9.85. The summed E-state index contributed by atoms with van der Waals surface area (Å²) in [6.45, 7) is 0.0700. The number of benzene rings is 2. The maximum atomic E-state index is 13.3. The van der Waals surface area contributed by atoms with Crippen molar-refractivity contribution in [1.29, 1.82) is 0 Å². The third kappa shape index (κ3) is 6.19. The number of fused-ring (bicyclic) bond motifs is 1. The molecule has 0 atom stereocenters. The smallest absolute Gasteiger partial charge is 0.332 e. The molecule has 2 aromatic carbocycles. The number of imidazole rings is 1. The average Bonchev–Trinajstić information content (AvgIpc) is 3.77. The predicted molar refractivity (Wildman–Crippen MR) is 186 cm³/mol. The van der Waals surface area contributed by atoms with Crippen molar-refractivity contribution in [1.82, 2.24) is 29.1 Å². The summed E-state index contributed by atoms with van der Waals surface area (Å²) in [6.07, 6.45) is 1.61. The van der Waals surface area contributed by atoms with Crippen molar-refractivity contribution < 1.29 is 19.1 Å². The van der Waals surface area contributed by atoms with Crippen LogP contribution in [0.25, 0.3) is 17.2 Å². The number of hydrazine groups is 1. The van der Waals surface area contributed by atoms with Crippen LogP contribution in [0.2, 0.25) is 10.0 Å². The number of rotatable bonds is 8. The van der Waals surface area contributed by atoms with Gasteiger partial charge in [0.1, 0.15) is 0 Å². The number of nitrogens with zero attached hydrogens (tertiary/aromatic N) is 5. The molecule has 0 saturated carbocycles. The monoisotopic (exact) mass is 728 g/mol. The first-order valence-corrected chi connectivity index (χ1v) is 16.4. The Labute approximate surface area is 289 Å². The van der Waals surface area contributed by atoms with Crippen LogP contribution in [0.4, 0.5) is 0 Å². The number of carbonyl (C=O) groups is 2. The van der Waals surface area contributed by atoms with Gasteiger partial charge < -0.3 is 9.47 Å². The van der Waals surface area contributed by atoms with Crippen molar-refractivity contribution in [3.05, 3.63) is 106 Å². The first-order chi connectivity index (χ1) is 22.5. The number of thiophene rings is 1. The predicted octanol–water partition coefficient (Wildman–Crippen LogP) is 5.20. The van der Waals surface area contributed by atoms with Gasteiger partial charge in [-0.25, -0.2) is 4.79 Å². The van der Waals surface area contributed by atoms with Crippen molar-refractivity contribution in [2.75, 3.05) is 7.11 Å². The van der Waals surface area contributed by atoms with E-state index in [2.05, 4.69) is 10.4 Å². The van der Waals surface area contributed by atoms with Crippen LogP contribution in [-0.2, 0) is 25.4 Å². The van der Waals surface area contributed by atoms with E-state index < -0.39 is 23.1 Å². The molecule has 0 unspecified atom stereocenters. The van der Waals surface area contributed by atoms with E-state index in [-0.39, 0.29) is 44.4 Å². The Kier molecular flexibility index (Phi) is 9.00. The summed E-state index contributed by atoms with van der Waals surface area (Å²) in [7, 11) is 4.33. The van der Waals surface area contributed by atoms with Crippen LogP contribution in [0.1, 0.15) is 20.8 Å². The molecule has 47 heavy (non-hydrogen) atoms. The molecule has 5 aromatic rings. The van der Waals surface area contributed by atoms with Gasteiger partial charge in [-0.15, -0.1) is 11.3 Å². The summed E-state index contributed by atoms with van der Waals surface area (Å²) in [6, 6.07) is 13.3. The highest BCUT2D eigenvalue weighted by Gasteiger charge is 2.34. The number of amides is 2. The quantitative estimate of drug-likeness (QED) is 0.169. The molecule has 1 N–H and O–H groups in total. The molecular formula is C30H22Cl2N6O6S3. The zero-order chi connectivity index (χ0) is 33.6. The highest BCUT2D eigenvalue weighted by Crippen LogP contribution is 2.37. The second-order valence-electron chi connectivity index (χ2n) is 10.0. The lowest BCUT2D eigenvalue weighted by atomic mass is 10.2. The lowest BCUT2D eigenvalue weighted by Crippen LogP contribution is -2.44. The Morgan fingerprint density at radius 1 is 1.06 bits per heavy atom. The van der Waals surface area contributed by atoms with E-state index in [0.29, 0.717) is 26.0 Å². The molecule has 12 nitrogen and oxygen atoms in total. The van der Waals surface area contributed by atoms with E-state index in [9.17, 15) is 19.2 Å². The number of halogens is 2. The van der Waals surface area contributed by atoms with Gasteiger partial charge in [0.25, 0.3) is 17.4 Å². The Bertz CT molecular complexity index is 2260. The number of aryl methyl sites for hydroxylation is 1. The molecule has 0 spiro atoms. The molecule has 6 rings (SSSR count). The van der Waals surface area contributed by atoms with Crippen molar-refractivity contribution in [2.24, 2.45) is 14.1 Å². The minimum Gasteiger partial charge on any atom is -0.493 e. The van der Waals surface area contributed by atoms with E-state index in [4.69, 9.17) is 44.9 Å². The van der Waals surface area contributed by atoms with Crippen LogP contribution >= 0.6 is 58.5 Å². The number of nitrogens with one attached hydrogen (secondary N) is 1. The number of thioether (sulfide) groups is 1. The summed E-state index contributed by atoms with van der Waals surface area (Å²) in [5, 5.41) is 3.61. The first-order valence-electron chi connectivity index (χ1n) is 13.5. The largest absolute Gasteiger partial charge is 0.493 e. The average molecular weight is 730 g/mol. The SMILES string of the molecule is COc1cc(C=C2SC(=S)N(NC(=O)c3cccs3)C2=O)ccc1Oc1nc2c(c(=O)n(C)c(=O)n2C)n1Cc1ccc(Cl)cc1Cl. The van der Waals surface area contributed by atoms with Gasteiger partial charge in [0, 0.05) is 24.1 Å². The minimum absolute atomic E-state index is 0.00211. The number of methoxy groups -OCH3 is 1. The van der Waals surface area contributed by atoms with E-state index in [1.807, 2.05) is 0 Å². The van der Waals surface area contributed by atoms with Gasteiger partial charge in [0.2, 0.25) is 0 Å². The maximum absolute atomic E-state index is 13.3. The number of ether oxygens (including phenoxy) is 2. The highest BCUT2D eigenvalue weighted by molar-refractivity contribution is 8.26. The van der Waals surface area contributed by atoms with E-state index >= 15 is 0 Å². The van der Waals surface area contributed by atoms with Gasteiger partial charge in [0.05, 0.1) is 23.4 Å². The Hall–Kier alpha value is -4.41. The van der Waals surface area contributed by atoms with Crippen molar-refractivity contribution in [2.45, 2.75) is 6.54 Å². The topological polar surface area (TPSA) is 130 Å². The fourth-order valence-corrected chi connectivity index (χ4v) is 6.97. The van der Waals surface area contributed by atoms with Crippen LogP contribution in [0.5, 0.6) is 17.5 Å². The van der Waals surface area contributed by atoms with Crippen LogP contribution < -0.4 is 26.1 Å². The fourth-order valence-electron chi connectivity index (χ4n) is 4.71. The second-order valence-corrected chi connectivity index (χ2v) is 13.5. The van der Waals surface area contributed by atoms with Gasteiger partial charge in [0.15, 0.2) is 27.0 Å². The number of carbonyl (C=O) groups excluding carboxylic acids is 2. The van der Waals surface area contributed by atoms with Gasteiger partial charge in [-0.05, 0) is 65.1 Å². The Morgan fingerprint density at radius 2 is 1.85 bits per heavy atom. The lowest BCUT2D eigenvalue weighted by Gasteiger charge is -2.14. The molecule has 1 aliphatic heterocycles. The molecule has 1 fully saturated rings. The molecule has 0 radical (unpaired) electrons. The molecular weight excluding hydrogens is 707 g/mol. The normalized spacial score (nSPS) is 14.0.